The van der Waals surface area contributed by atoms with E-state index in [1.54, 1.807) is 14.1 Å². The van der Waals surface area contributed by atoms with Crippen LogP contribution in [-0.2, 0) is 14.8 Å². The zero-order valence-electron chi connectivity index (χ0n) is 16.2. The van der Waals surface area contributed by atoms with Gasteiger partial charge in [-0.3, -0.25) is 9.59 Å². The second kappa shape index (κ2) is 8.71. The summed E-state index contributed by atoms with van der Waals surface area (Å²) in [5.74, 6) is -0.587. The number of carbonyl (C=O) groups excluding carboxylic acids is 2. The molecule has 8 nitrogen and oxygen atoms in total. The van der Waals surface area contributed by atoms with E-state index >= 15 is 0 Å². The summed E-state index contributed by atoms with van der Waals surface area (Å²) in [5, 5.41) is 2.51. The van der Waals surface area contributed by atoms with E-state index in [9.17, 15) is 18.0 Å². The first kappa shape index (κ1) is 21.2. The number of hydrogen-bond donors (Lipinski definition) is 1. The van der Waals surface area contributed by atoms with E-state index in [4.69, 9.17) is 4.74 Å². The molecule has 1 aromatic rings. The summed E-state index contributed by atoms with van der Waals surface area (Å²) in [6.07, 6.45) is 2.60. The zero-order chi connectivity index (χ0) is 20.2. The van der Waals surface area contributed by atoms with Crippen molar-refractivity contribution < 1.29 is 22.7 Å². The molecule has 1 aliphatic heterocycles. The molecule has 1 atom stereocenters. The van der Waals surface area contributed by atoms with Gasteiger partial charge in [0.1, 0.15) is 10.6 Å². The highest BCUT2D eigenvalue weighted by Gasteiger charge is 2.33. The van der Waals surface area contributed by atoms with Gasteiger partial charge in [0.15, 0.2) is 0 Å². The molecule has 2 rings (SSSR count). The molecule has 1 saturated heterocycles. The normalized spacial score (nSPS) is 18.0. The molecule has 1 aliphatic rings. The van der Waals surface area contributed by atoms with E-state index in [-0.39, 0.29) is 34.7 Å². The summed E-state index contributed by atoms with van der Waals surface area (Å²) in [4.78, 5) is 25.3. The van der Waals surface area contributed by atoms with E-state index in [2.05, 4.69) is 5.32 Å². The number of carbonyl (C=O) groups is 2. The van der Waals surface area contributed by atoms with Crippen molar-refractivity contribution in [2.75, 3.05) is 34.3 Å². The molecule has 0 aromatic heterocycles. The summed E-state index contributed by atoms with van der Waals surface area (Å²) >= 11 is 0. The van der Waals surface area contributed by atoms with Crippen LogP contribution in [0.15, 0.2) is 23.1 Å². The van der Waals surface area contributed by atoms with Crippen LogP contribution in [0.1, 0.15) is 36.5 Å². The lowest BCUT2D eigenvalue weighted by Gasteiger charge is -2.32. The van der Waals surface area contributed by atoms with Crippen LogP contribution in [0, 0.1) is 0 Å². The number of rotatable bonds is 6. The molecule has 0 saturated carbocycles. The van der Waals surface area contributed by atoms with Crippen molar-refractivity contribution in [1.82, 2.24) is 14.5 Å². The first-order valence-electron chi connectivity index (χ1n) is 8.86. The molecule has 0 spiro atoms. The summed E-state index contributed by atoms with van der Waals surface area (Å²) in [6, 6.07) is 4.14. The quantitative estimate of drug-likeness (QED) is 0.775. The van der Waals surface area contributed by atoms with Crippen molar-refractivity contribution in [1.29, 1.82) is 0 Å². The summed E-state index contributed by atoms with van der Waals surface area (Å²) < 4.78 is 33.0. The fraction of sp³-hybridized carbons (Fsp3) is 0.556. The lowest BCUT2D eigenvalue weighted by molar-refractivity contribution is -0.127. The Kier molecular flexibility index (Phi) is 6.83. The second-order valence-electron chi connectivity index (χ2n) is 6.80. The first-order valence-corrected chi connectivity index (χ1v) is 10.3. The highest BCUT2D eigenvalue weighted by molar-refractivity contribution is 7.89. The minimum absolute atomic E-state index is 0.0367. The van der Waals surface area contributed by atoms with Crippen molar-refractivity contribution in [3.8, 4) is 5.75 Å². The molecule has 1 heterocycles. The number of methoxy groups -OCH3 is 1. The number of nitrogens with zero attached hydrogens (tertiary/aromatic N) is 2. The molecular formula is C18H27N3O5S. The second-order valence-corrected chi connectivity index (χ2v) is 8.66. The van der Waals surface area contributed by atoms with Crippen LogP contribution in [-0.4, -0.2) is 69.8 Å². The number of piperidine rings is 1. The molecule has 2 amide bonds. The van der Waals surface area contributed by atoms with Crippen molar-refractivity contribution in [3.63, 3.8) is 0 Å². The molecule has 0 aliphatic carbocycles. The van der Waals surface area contributed by atoms with Gasteiger partial charge in [0.05, 0.1) is 13.7 Å². The highest BCUT2D eigenvalue weighted by Crippen LogP contribution is 2.31. The van der Waals surface area contributed by atoms with Crippen LogP contribution < -0.4 is 10.1 Å². The van der Waals surface area contributed by atoms with Crippen molar-refractivity contribution in [3.05, 3.63) is 23.8 Å². The number of sulfonamides is 1. The monoisotopic (exact) mass is 397 g/mol. The molecule has 0 bridgehead atoms. The Bertz CT molecular complexity index is 807. The minimum Gasteiger partial charge on any atom is -0.495 e. The van der Waals surface area contributed by atoms with Gasteiger partial charge >= 0.3 is 0 Å². The third-order valence-corrected chi connectivity index (χ3v) is 6.69. The Labute approximate surface area is 160 Å². The molecule has 150 valence electrons. The lowest BCUT2D eigenvalue weighted by Crippen LogP contribution is -2.42. The summed E-state index contributed by atoms with van der Waals surface area (Å²) in [6.45, 7) is 2.16. The number of benzene rings is 1. The molecule has 0 radical (unpaired) electrons. The fourth-order valence-electron chi connectivity index (χ4n) is 2.99. The SMILES string of the molecule is COc1ccc(C(=O)NCC(=O)N(C)C)cc1S(=O)(=O)N1CCCC[C@@H]1C. The van der Waals surface area contributed by atoms with E-state index in [1.165, 1.54) is 34.5 Å². The Morgan fingerprint density at radius 2 is 2.00 bits per heavy atom. The topological polar surface area (TPSA) is 96.0 Å². The molecule has 1 fully saturated rings. The van der Waals surface area contributed by atoms with Gasteiger partial charge in [0, 0.05) is 32.2 Å². The van der Waals surface area contributed by atoms with Gasteiger partial charge in [-0.1, -0.05) is 6.42 Å². The third-order valence-electron chi connectivity index (χ3n) is 4.65. The number of likely N-dealkylation sites (N-methyl/N-ethyl adjacent to an activating group) is 1. The Hall–Kier alpha value is -2.13. The van der Waals surface area contributed by atoms with E-state index in [0.717, 1.165) is 19.3 Å². The smallest absolute Gasteiger partial charge is 0.251 e. The van der Waals surface area contributed by atoms with Gasteiger partial charge in [-0.2, -0.15) is 4.31 Å². The predicted molar refractivity (Wildman–Crippen MR) is 101 cm³/mol. The maximum Gasteiger partial charge on any atom is 0.251 e. The third kappa shape index (κ3) is 4.78. The molecule has 0 unspecified atom stereocenters. The van der Waals surface area contributed by atoms with Crippen molar-refractivity contribution >= 4 is 21.8 Å². The maximum absolute atomic E-state index is 13.2. The van der Waals surface area contributed by atoms with Gasteiger partial charge < -0.3 is 15.0 Å². The lowest BCUT2D eigenvalue weighted by atomic mass is 10.1. The van der Waals surface area contributed by atoms with Crippen LogP contribution in [0.3, 0.4) is 0 Å². The number of ether oxygens (including phenoxy) is 1. The Balaban J connectivity index is 2.32. The number of amides is 2. The van der Waals surface area contributed by atoms with E-state index in [1.807, 2.05) is 6.92 Å². The van der Waals surface area contributed by atoms with Gasteiger partial charge in [-0.05, 0) is 38.0 Å². The number of nitrogens with one attached hydrogen (secondary N) is 1. The maximum atomic E-state index is 13.2. The predicted octanol–water partition coefficient (Wildman–Crippen LogP) is 1.08. The zero-order valence-corrected chi connectivity index (χ0v) is 17.0. The molecule has 1 N–H and O–H groups in total. The van der Waals surface area contributed by atoms with Gasteiger partial charge in [-0.15, -0.1) is 0 Å². The number of hydrogen-bond acceptors (Lipinski definition) is 5. The van der Waals surface area contributed by atoms with Crippen molar-refractivity contribution in [2.45, 2.75) is 37.1 Å². The average Bonchev–Trinajstić information content (AvgIpc) is 2.65. The Morgan fingerprint density at radius 1 is 1.30 bits per heavy atom. The molecule has 27 heavy (non-hydrogen) atoms. The first-order chi connectivity index (χ1) is 12.7. The van der Waals surface area contributed by atoms with Crippen LogP contribution in [0.5, 0.6) is 5.75 Å². The van der Waals surface area contributed by atoms with E-state index < -0.39 is 15.9 Å². The summed E-state index contributed by atoms with van der Waals surface area (Å²) in [7, 11) is 0.770. The minimum atomic E-state index is -3.80. The van der Waals surface area contributed by atoms with Crippen LogP contribution >= 0.6 is 0 Å². The standard InChI is InChI=1S/C18H27N3O5S/c1-13-7-5-6-10-21(13)27(24,25)16-11-14(8-9-15(16)26-4)18(23)19-12-17(22)20(2)3/h8-9,11,13H,5-7,10,12H2,1-4H3,(H,19,23)/t13-/m0/s1. The fourth-order valence-corrected chi connectivity index (χ4v) is 4.87. The average molecular weight is 397 g/mol. The Morgan fingerprint density at radius 3 is 2.59 bits per heavy atom. The van der Waals surface area contributed by atoms with Gasteiger partial charge in [0.25, 0.3) is 5.91 Å². The van der Waals surface area contributed by atoms with E-state index in [0.29, 0.717) is 6.54 Å². The molecule has 1 aromatic carbocycles. The largest absolute Gasteiger partial charge is 0.495 e. The summed E-state index contributed by atoms with van der Waals surface area (Å²) in [5.41, 5.74) is 0.158. The van der Waals surface area contributed by atoms with Crippen molar-refractivity contribution in [2.24, 2.45) is 0 Å². The van der Waals surface area contributed by atoms with Crippen LogP contribution in [0.4, 0.5) is 0 Å². The molecular weight excluding hydrogens is 370 g/mol. The van der Waals surface area contributed by atoms with Gasteiger partial charge in [0.2, 0.25) is 15.9 Å². The van der Waals surface area contributed by atoms with Crippen LogP contribution in [0.25, 0.3) is 0 Å². The van der Waals surface area contributed by atoms with Gasteiger partial charge in [-0.25, -0.2) is 8.42 Å². The molecule has 9 heteroatoms. The highest BCUT2D eigenvalue weighted by atomic mass is 32.2. The van der Waals surface area contributed by atoms with Crippen LogP contribution in [0.2, 0.25) is 0 Å².